The van der Waals surface area contributed by atoms with Gasteiger partial charge in [0.25, 0.3) is 0 Å². The summed E-state index contributed by atoms with van der Waals surface area (Å²) in [4.78, 5) is 0. The van der Waals surface area contributed by atoms with E-state index < -0.39 is 9.04 Å². The Balaban J connectivity index is 2.26. The number of hydrogen-bond donors (Lipinski definition) is 0. The molecule has 0 N–H and O–H groups in total. The minimum absolute atomic E-state index is 0.847. The van der Waals surface area contributed by atoms with Crippen LogP contribution in [-0.2, 0) is 4.43 Å². The predicted octanol–water partition coefficient (Wildman–Crippen LogP) is 4.27. The molecule has 1 nitrogen and oxygen atoms in total. The smallest absolute Gasteiger partial charge is 0.179 e. The van der Waals surface area contributed by atoms with E-state index in [4.69, 9.17) is 4.43 Å². The second kappa shape index (κ2) is 8.34. The van der Waals surface area contributed by atoms with E-state index in [1.165, 1.54) is 57.4 Å². The molecule has 15 heavy (non-hydrogen) atoms. The van der Waals surface area contributed by atoms with Gasteiger partial charge in [0.05, 0.1) is 0 Å². The molecule has 0 amide bonds. The highest BCUT2D eigenvalue weighted by molar-refractivity contribution is 6.53. The fourth-order valence-electron chi connectivity index (χ4n) is 2.77. The average molecular weight is 228 g/mol. The normalized spacial score (nSPS) is 20.4. The first-order valence-corrected chi connectivity index (χ1v) is 8.95. The van der Waals surface area contributed by atoms with E-state index in [1.54, 1.807) is 0 Å². The first-order chi connectivity index (χ1) is 7.38. The third kappa shape index (κ3) is 5.16. The minimum Gasteiger partial charge on any atom is -0.420 e. The van der Waals surface area contributed by atoms with Gasteiger partial charge in [-0.3, -0.25) is 0 Å². The zero-order valence-corrected chi connectivity index (χ0v) is 11.8. The zero-order valence-electron chi connectivity index (χ0n) is 10.6. The molecule has 1 aliphatic carbocycles. The van der Waals surface area contributed by atoms with Crippen molar-refractivity contribution >= 4 is 9.04 Å². The third-order valence-electron chi connectivity index (χ3n) is 3.65. The molecule has 90 valence electrons. The van der Waals surface area contributed by atoms with E-state index in [0.29, 0.717) is 0 Å². The van der Waals surface area contributed by atoms with Gasteiger partial charge in [0.2, 0.25) is 0 Å². The lowest BCUT2D eigenvalue weighted by molar-refractivity contribution is 0.318. The van der Waals surface area contributed by atoms with E-state index in [0.717, 1.165) is 12.1 Å². The molecule has 0 bridgehead atoms. The Bertz CT molecular complexity index is 143. The predicted molar refractivity (Wildman–Crippen MR) is 69.9 cm³/mol. The maximum atomic E-state index is 6.07. The summed E-state index contributed by atoms with van der Waals surface area (Å²) in [5.74, 6) is 0. The quantitative estimate of drug-likeness (QED) is 0.467. The molecule has 1 saturated carbocycles. The Hall–Kier alpha value is 0.177. The van der Waals surface area contributed by atoms with E-state index in [-0.39, 0.29) is 0 Å². The molecule has 1 aliphatic rings. The van der Waals surface area contributed by atoms with Gasteiger partial charge in [0, 0.05) is 6.61 Å². The Morgan fingerprint density at radius 1 is 1.07 bits per heavy atom. The molecule has 1 unspecified atom stereocenters. The van der Waals surface area contributed by atoms with Crippen LogP contribution in [0.3, 0.4) is 0 Å². The first kappa shape index (κ1) is 13.2. The summed E-state index contributed by atoms with van der Waals surface area (Å²) in [5, 5.41) is 0. The topological polar surface area (TPSA) is 9.23 Å². The SMILES string of the molecule is CCCCC[SiH](OCC)C1CCCCC1. The largest absolute Gasteiger partial charge is 0.420 e. The van der Waals surface area contributed by atoms with Crippen molar-refractivity contribution < 1.29 is 4.43 Å². The van der Waals surface area contributed by atoms with Crippen molar-refractivity contribution in [3.05, 3.63) is 0 Å². The lowest BCUT2D eigenvalue weighted by Crippen LogP contribution is -2.26. The fourth-order valence-corrected chi connectivity index (χ4v) is 6.02. The Labute approximate surface area is 97.3 Å². The molecule has 0 heterocycles. The van der Waals surface area contributed by atoms with E-state index in [2.05, 4.69) is 13.8 Å². The van der Waals surface area contributed by atoms with Crippen molar-refractivity contribution in [1.82, 2.24) is 0 Å². The van der Waals surface area contributed by atoms with Crippen LogP contribution in [0.5, 0.6) is 0 Å². The second-order valence-electron chi connectivity index (χ2n) is 4.89. The molecule has 0 aromatic rings. The molecular weight excluding hydrogens is 200 g/mol. The fraction of sp³-hybridized carbons (Fsp3) is 1.00. The van der Waals surface area contributed by atoms with Gasteiger partial charge in [-0.15, -0.1) is 0 Å². The standard InChI is InChI=1S/C13H28OSi/c1-3-5-9-12-15(14-4-2)13-10-7-6-8-11-13/h13,15H,3-12H2,1-2H3. The molecule has 0 radical (unpaired) electrons. The van der Waals surface area contributed by atoms with Crippen LogP contribution in [0.25, 0.3) is 0 Å². The summed E-state index contributed by atoms with van der Waals surface area (Å²) in [6.07, 6.45) is 11.5. The van der Waals surface area contributed by atoms with Crippen LogP contribution >= 0.6 is 0 Å². The molecule has 0 aliphatic heterocycles. The summed E-state index contributed by atoms with van der Waals surface area (Å²) in [6.45, 7) is 5.42. The van der Waals surface area contributed by atoms with Crippen molar-refractivity contribution in [2.75, 3.05) is 6.61 Å². The molecule has 1 fully saturated rings. The molecule has 0 saturated heterocycles. The maximum Gasteiger partial charge on any atom is 0.179 e. The average Bonchev–Trinajstić information content (AvgIpc) is 2.29. The van der Waals surface area contributed by atoms with Gasteiger partial charge in [0.15, 0.2) is 9.04 Å². The van der Waals surface area contributed by atoms with Crippen LogP contribution in [0.2, 0.25) is 11.6 Å². The molecule has 2 heteroatoms. The van der Waals surface area contributed by atoms with Gasteiger partial charge in [-0.2, -0.15) is 0 Å². The minimum atomic E-state index is -0.847. The summed E-state index contributed by atoms with van der Waals surface area (Å²) in [7, 11) is -0.847. The van der Waals surface area contributed by atoms with Crippen LogP contribution in [0.4, 0.5) is 0 Å². The van der Waals surface area contributed by atoms with E-state index in [1.807, 2.05) is 0 Å². The van der Waals surface area contributed by atoms with Crippen molar-refractivity contribution in [3.63, 3.8) is 0 Å². The van der Waals surface area contributed by atoms with Crippen LogP contribution in [0.15, 0.2) is 0 Å². The summed E-state index contributed by atoms with van der Waals surface area (Å²) in [5.41, 5.74) is 1.01. The highest BCUT2D eigenvalue weighted by Crippen LogP contribution is 2.33. The molecule has 1 rings (SSSR count). The van der Waals surface area contributed by atoms with Gasteiger partial charge >= 0.3 is 0 Å². The summed E-state index contributed by atoms with van der Waals surface area (Å²) >= 11 is 0. The lowest BCUT2D eigenvalue weighted by Gasteiger charge is -2.28. The third-order valence-corrected chi connectivity index (χ3v) is 7.11. The Kier molecular flexibility index (Phi) is 7.37. The zero-order chi connectivity index (χ0) is 10.9. The van der Waals surface area contributed by atoms with E-state index >= 15 is 0 Å². The number of rotatable bonds is 7. The maximum absolute atomic E-state index is 6.07. The number of hydrogen-bond acceptors (Lipinski definition) is 1. The van der Waals surface area contributed by atoms with Gasteiger partial charge in [-0.25, -0.2) is 0 Å². The van der Waals surface area contributed by atoms with Gasteiger partial charge in [-0.05, 0) is 18.5 Å². The van der Waals surface area contributed by atoms with Crippen LogP contribution in [0.1, 0.15) is 65.2 Å². The summed E-state index contributed by atoms with van der Waals surface area (Å²) < 4.78 is 6.07. The Morgan fingerprint density at radius 2 is 1.80 bits per heavy atom. The molecule has 1 atom stereocenters. The van der Waals surface area contributed by atoms with Crippen LogP contribution in [0, 0.1) is 0 Å². The van der Waals surface area contributed by atoms with Crippen molar-refractivity contribution in [3.8, 4) is 0 Å². The molecule has 0 spiro atoms. The van der Waals surface area contributed by atoms with Crippen molar-refractivity contribution in [2.24, 2.45) is 0 Å². The highest BCUT2D eigenvalue weighted by Gasteiger charge is 2.25. The van der Waals surface area contributed by atoms with Gasteiger partial charge in [-0.1, -0.05) is 58.3 Å². The number of unbranched alkanes of at least 4 members (excludes halogenated alkanes) is 2. The lowest BCUT2D eigenvalue weighted by atomic mass is 10.0. The highest BCUT2D eigenvalue weighted by atomic mass is 28.3. The van der Waals surface area contributed by atoms with Gasteiger partial charge < -0.3 is 4.43 Å². The van der Waals surface area contributed by atoms with Crippen LogP contribution in [-0.4, -0.2) is 15.6 Å². The van der Waals surface area contributed by atoms with Gasteiger partial charge in [0.1, 0.15) is 0 Å². The molecular formula is C13H28OSi. The van der Waals surface area contributed by atoms with Crippen molar-refractivity contribution in [2.45, 2.75) is 76.8 Å². The summed E-state index contributed by atoms with van der Waals surface area (Å²) in [6, 6.07) is 1.44. The monoisotopic (exact) mass is 228 g/mol. The first-order valence-electron chi connectivity index (χ1n) is 7.00. The molecule has 0 aromatic heterocycles. The van der Waals surface area contributed by atoms with Crippen molar-refractivity contribution in [1.29, 1.82) is 0 Å². The van der Waals surface area contributed by atoms with Crippen LogP contribution < -0.4 is 0 Å². The molecule has 0 aromatic carbocycles. The Morgan fingerprint density at radius 3 is 2.40 bits per heavy atom. The van der Waals surface area contributed by atoms with E-state index in [9.17, 15) is 0 Å². The second-order valence-corrected chi connectivity index (χ2v) is 7.82.